The first kappa shape index (κ1) is 20.9. The molecular formula is C26H31NO2. The second-order valence-corrected chi connectivity index (χ2v) is 8.59. The van der Waals surface area contributed by atoms with Crippen LogP contribution in [0, 0.1) is 0 Å². The Labute approximate surface area is 174 Å². The Morgan fingerprint density at radius 2 is 1.62 bits per heavy atom. The summed E-state index contributed by atoms with van der Waals surface area (Å²) in [5.41, 5.74) is 2.49. The summed E-state index contributed by atoms with van der Waals surface area (Å²) in [5.74, 6) is 0.653. The number of carbonyl (C=O) groups is 1. The van der Waals surface area contributed by atoms with Crippen LogP contribution < -0.4 is 10.1 Å². The van der Waals surface area contributed by atoms with Gasteiger partial charge >= 0.3 is 0 Å². The minimum atomic E-state index is -0.530. The Morgan fingerprint density at radius 3 is 2.28 bits per heavy atom. The fraction of sp³-hybridized carbons (Fsp3) is 0.346. The molecule has 0 heterocycles. The topological polar surface area (TPSA) is 38.3 Å². The average molecular weight is 390 g/mol. The lowest BCUT2D eigenvalue weighted by Crippen LogP contribution is -2.39. The maximum absolute atomic E-state index is 12.9. The van der Waals surface area contributed by atoms with Gasteiger partial charge in [-0.3, -0.25) is 4.79 Å². The van der Waals surface area contributed by atoms with Crippen LogP contribution in [0.25, 0.3) is 10.8 Å². The summed E-state index contributed by atoms with van der Waals surface area (Å²) in [6.07, 6.45) is 0.0715. The number of nitrogens with one attached hydrogen (secondary N) is 1. The lowest BCUT2D eigenvalue weighted by atomic mass is 9.86. The molecule has 0 saturated heterocycles. The predicted molar refractivity (Wildman–Crippen MR) is 120 cm³/mol. The second kappa shape index (κ2) is 8.69. The molecule has 0 aromatic heterocycles. The normalized spacial score (nSPS) is 13.7. The summed E-state index contributed by atoms with van der Waals surface area (Å²) in [6.45, 7) is 10.6. The number of hydrogen-bond acceptors (Lipinski definition) is 2. The zero-order valence-electron chi connectivity index (χ0n) is 18.0. The number of carbonyl (C=O) groups excluding carboxylic acids is 1. The quantitative estimate of drug-likeness (QED) is 0.547. The van der Waals surface area contributed by atoms with Gasteiger partial charge in [0.15, 0.2) is 6.10 Å². The van der Waals surface area contributed by atoms with Gasteiger partial charge in [0.2, 0.25) is 0 Å². The highest BCUT2D eigenvalue weighted by molar-refractivity contribution is 5.89. The molecule has 0 aliphatic rings. The fourth-order valence-corrected chi connectivity index (χ4v) is 3.44. The fourth-order valence-electron chi connectivity index (χ4n) is 3.44. The van der Waals surface area contributed by atoms with Gasteiger partial charge in [-0.2, -0.15) is 0 Å². The number of amides is 1. The molecule has 0 fully saturated rings. The summed E-state index contributed by atoms with van der Waals surface area (Å²) in [5, 5.41) is 5.23. The summed E-state index contributed by atoms with van der Waals surface area (Å²) in [4.78, 5) is 12.9. The maximum Gasteiger partial charge on any atom is 0.261 e. The third-order valence-corrected chi connectivity index (χ3v) is 5.32. The van der Waals surface area contributed by atoms with E-state index >= 15 is 0 Å². The molecule has 0 aliphatic carbocycles. The number of rotatable bonds is 6. The molecule has 0 aliphatic heterocycles. The van der Waals surface area contributed by atoms with E-state index in [0.29, 0.717) is 6.42 Å². The van der Waals surface area contributed by atoms with E-state index in [-0.39, 0.29) is 17.4 Å². The highest BCUT2D eigenvalue weighted by atomic mass is 16.5. The summed E-state index contributed by atoms with van der Waals surface area (Å²) in [6, 6.07) is 22.4. The van der Waals surface area contributed by atoms with Gasteiger partial charge in [-0.25, -0.2) is 0 Å². The van der Waals surface area contributed by atoms with Crippen molar-refractivity contribution in [2.45, 2.75) is 58.6 Å². The zero-order chi connectivity index (χ0) is 21.0. The van der Waals surface area contributed by atoms with E-state index in [1.54, 1.807) is 0 Å². The highest BCUT2D eigenvalue weighted by Crippen LogP contribution is 2.27. The van der Waals surface area contributed by atoms with E-state index in [9.17, 15) is 4.79 Å². The molecule has 2 atom stereocenters. The van der Waals surface area contributed by atoms with Crippen LogP contribution in [0.5, 0.6) is 5.75 Å². The van der Waals surface area contributed by atoms with Crippen molar-refractivity contribution in [3.8, 4) is 5.75 Å². The molecule has 0 radical (unpaired) electrons. The molecule has 0 bridgehead atoms. The Bertz CT molecular complexity index is 965. The third-order valence-electron chi connectivity index (χ3n) is 5.32. The SMILES string of the molecule is CCC(Oc1cccc2ccccc12)C(=O)NC(C)c1ccc(C(C)(C)C)cc1. The van der Waals surface area contributed by atoms with E-state index < -0.39 is 6.10 Å². The number of fused-ring (bicyclic) bond motifs is 1. The van der Waals surface area contributed by atoms with Gasteiger partial charge in [-0.1, -0.05) is 88.4 Å². The van der Waals surface area contributed by atoms with Crippen LogP contribution in [0.15, 0.2) is 66.7 Å². The molecule has 3 heteroatoms. The lowest BCUT2D eigenvalue weighted by Gasteiger charge is -2.23. The summed E-state index contributed by atoms with van der Waals surface area (Å²) >= 11 is 0. The molecule has 3 aromatic rings. The van der Waals surface area contributed by atoms with Gasteiger partial charge in [-0.05, 0) is 41.3 Å². The smallest absolute Gasteiger partial charge is 0.261 e. The van der Waals surface area contributed by atoms with Crippen LogP contribution in [0.1, 0.15) is 58.2 Å². The van der Waals surface area contributed by atoms with E-state index in [4.69, 9.17) is 4.74 Å². The van der Waals surface area contributed by atoms with Crippen LogP contribution >= 0.6 is 0 Å². The Hall–Kier alpha value is -2.81. The second-order valence-electron chi connectivity index (χ2n) is 8.59. The Morgan fingerprint density at radius 1 is 0.966 bits per heavy atom. The van der Waals surface area contributed by atoms with Gasteiger partial charge in [0.05, 0.1) is 6.04 Å². The van der Waals surface area contributed by atoms with Crippen LogP contribution in [0.4, 0.5) is 0 Å². The highest BCUT2D eigenvalue weighted by Gasteiger charge is 2.22. The molecule has 3 rings (SSSR count). The van der Waals surface area contributed by atoms with E-state index in [2.05, 4.69) is 50.4 Å². The van der Waals surface area contributed by atoms with Crippen LogP contribution in [-0.4, -0.2) is 12.0 Å². The van der Waals surface area contributed by atoms with Crippen molar-refractivity contribution in [2.75, 3.05) is 0 Å². The van der Waals surface area contributed by atoms with Gasteiger partial charge in [-0.15, -0.1) is 0 Å². The minimum absolute atomic E-state index is 0.0818. The third kappa shape index (κ3) is 4.97. The standard InChI is InChI=1S/C26H31NO2/c1-6-23(29-24-13-9-11-20-10-7-8-12-22(20)24)25(28)27-18(2)19-14-16-21(17-15-19)26(3,4)5/h7-18,23H,6H2,1-5H3,(H,27,28). The Balaban J connectivity index is 1.71. The lowest BCUT2D eigenvalue weighted by molar-refractivity contribution is -0.128. The number of hydrogen-bond donors (Lipinski definition) is 1. The summed E-state index contributed by atoms with van der Waals surface area (Å²) < 4.78 is 6.13. The van der Waals surface area contributed by atoms with Gasteiger partial charge in [0, 0.05) is 5.39 Å². The minimum Gasteiger partial charge on any atom is -0.480 e. The van der Waals surface area contributed by atoms with Crippen LogP contribution in [-0.2, 0) is 10.2 Å². The zero-order valence-corrected chi connectivity index (χ0v) is 18.0. The molecule has 2 unspecified atom stereocenters. The van der Waals surface area contributed by atoms with Crippen molar-refractivity contribution < 1.29 is 9.53 Å². The van der Waals surface area contributed by atoms with Crippen molar-refractivity contribution in [2.24, 2.45) is 0 Å². The molecule has 1 amide bonds. The first-order valence-electron chi connectivity index (χ1n) is 10.3. The van der Waals surface area contributed by atoms with Crippen LogP contribution in [0.2, 0.25) is 0 Å². The molecule has 29 heavy (non-hydrogen) atoms. The molecule has 0 spiro atoms. The summed E-state index contributed by atoms with van der Waals surface area (Å²) in [7, 11) is 0. The molecule has 1 N–H and O–H groups in total. The molecule has 0 saturated carbocycles. The molecule has 3 nitrogen and oxygen atoms in total. The van der Waals surface area contributed by atoms with Crippen molar-refractivity contribution in [1.29, 1.82) is 0 Å². The monoisotopic (exact) mass is 389 g/mol. The number of benzene rings is 3. The Kier molecular flexibility index (Phi) is 6.26. The molecular weight excluding hydrogens is 358 g/mol. The van der Waals surface area contributed by atoms with Crippen molar-refractivity contribution >= 4 is 16.7 Å². The van der Waals surface area contributed by atoms with Crippen molar-refractivity contribution in [3.05, 3.63) is 77.9 Å². The van der Waals surface area contributed by atoms with Gasteiger partial charge in [0.25, 0.3) is 5.91 Å². The van der Waals surface area contributed by atoms with Gasteiger partial charge in [0.1, 0.15) is 5.75 Å². The van der Waals surface area contributed by atoms with Crippen LogP contribution in [0.3, 0.4) is 0 Å². The molecule has 152 valence electrons. The van der Waals surface area contributed by atoms with Gasteiger partial charge < -0.3 is 10.1 Å². The van der Waals surface area contributed by atoms with E-state index in [1.165, 1.54) is 5.56 Å². The number of ether oxygens (including phenoxy) is 1. The largest absolute Gasteiger partial charge is 0.480 e. The molecule has 3 aromatic carbocycles. The maximum atomic E-state index is 12.9. The first-order chi connectivity index (χ1) is 13.8. The predicted octanol–water partition coefficient (Wildman–Crippen LogP) is 6.17. The average Bonchev–Trinajstić information content (AvgIpc) is 2.71. The first-order valence-corrected chi connectivity index (χ1v) is 10.3. The van der Waals surface area contributed by atoms with Crippen molar-refractivity contribution in [3.63, 3.8) is 0 Å². The van der Waals surface area contributed by atoms with Crippen molar-refractivity contribution in [1.82, 2.24) is 5.32 Å². The van der Waals surface area contributed by atoms with E-state index in [0.717, 1.165) is 22.1 Å². The van der Waals surface area contributed by atoms with E-state index in [1.807, 2.05) is 56.3 Å².